The summed E-state index contributed by atoms with van der Waals surface area (Å²) in [5.74, 6) is 1.91. The largest absolute Gasteiger partial charge is 0.376 e. The van der Waals surface area contributed by atoms with Crippen molar-refractivity contribution in [1.29, 1.82) is 0 Å². The molecule has 1 atom stereocenters. The second-order valence-corrected chi connectivity index (χ2v) is 6.99. The molecule has 1 fully saturated rings. The van der Waals surface area contributed by atoms with Gasteiger partial charge in [0.2, 0.25) is 0 Å². The first-order chi connectivity index (χ1) is 9.72. The number of nitrogens with one attached hydrogen (secondary N) is 1. The van der Waals surface area contributed by atoms with Crippen LogP contribution >= 0.6 is 23.1 Å². The monoisotopic (exact) mass is 308 g/mol. The molecule has 106 valence electrons. The molecular formula is C14H16N2O2S2. The minimum absolute atomic E-state index is 0.112. The van der Waals surface area contributed by atoms with Gasteiger partial charge in [-0.3, -0.25) is 4.79 Å². The molecule has 1 aliphatic rings. The molecule has 0 bridgehead atoms. The van der Waals surface area contributed by atoms with E-state index in [4.69, 9.17) is 4.74 Å². The predicted molar refractivity (Wildman–Crippen MR) is 83.6 cm³/mol. The molecule has 1 amide bonds. The lowest BCUT2D eigenvalue weighted by Gasteiger charge is -2.26. The van der Waals surface area contributed by atoms with Gasteiger partial charge in [-0.05, 0) is 24.3 Å². The van der Waals surface area contributed by atoms with E-state index in [1.807, 2.05) is 36.0 Å². The van der Waals surface area contributed by atoms with E-state index in [9.17, 15) is 4.79 Å². The Bertz CT molecular complexity index is 587. The highest BCUT2D eigenvalue weighted by Gasteiger charge is 2.34. The van der Waals surface area contributed by atoms with Gasteiger partial charge in [0, 0.05) is 19.4 Å². The smallest absolute Gasteiger partial charge is 0.280 e. The molecule has 0 saturated carbocycles. The highest BCUT2D eigenvalue weighted by molar-refractivity contribution is 7.99. The number of para-hydroxylation sites is 1. The minimum Gasteiger partial charge on any atom is -0.376 e. The number of hydrogen-bond acceptors (Lipinski definition) is 5. The van der Waals surface area contributed by atoms with Gasteiger partial charge in [-0.1, -0.05) is 12.1 Å². The Kier molecular flexibility index (Phi) is 3.96. The zero-order valence-corrected chi connectivity index (χ0v) is 12.9. The van der Waals surface area contributed by atoms with Crippen molar-refractivity contribution in [2.75, 3.05) is 25.2 Å². The highest BCUT2D eigenvalue weighted by atomic mass is 32.2. The molecule has 1 saturated heterocycles. The van der Waals surface area contributed by atoms with Crippen LogP contribution in [0.4, 0.5) is 0 Å². The maximum absolute atomic E-state index is 12.2. The first-order valence-electron chi connectivity index (χ1n) is 6.49. The summed E-state index contributed by atoms with van der Waals surface area (Å²) in [5.41, 5.74) is 0.664. The lowest BCUT2D eigenvalue weighted by Crippen LogP contribution is -2.44. The number of methoxy groups -OCH3 is 1. The van der Waals surface area contributed by atoms with Crippen LogP contribution in [0.2, 0.25) is 0 Å². The van der Waals surface area contributed by atoms with Gasteiger partial charge in [-0.25, -0.2) is 4.98 Å². The quantitative estimate of drug-likeness (QED) is 0.943. The van der Waals surface area contributed by atoms with Gasteiger partial charge >= 0.3 is 0 Å². The third-order valence-electron chi connectivity index (χ3n) is 3.56. The van der Waals surface area contributed by atoms with E-state index in [2.05, 4.69) is 10.3 Å². The van der Waals surface area contributed by atoms with Crippen LogP contribution in [0.5, 0.6) is 0 Å². The first kappa shape index (κ1) is 13.9. The summed E-state index contributed by atoms with van der Waals surface area (Å²) >= 11 is 3.29. The van der Waals surface area contributed by atoms with Crippen LogP contribution in [0, 0.1) is 0 Å². The number of thioether (sulfide) groups is 1. The maximum atomic E-state index is 12.2. The standard InChI is InChI=1S/C14H16N2O2S2/c1-18-14(6-7-19-9-14)8-15-12(17)13-16-10-4-2-3-5-11(10)20-13/h2-5H,6-9H2,1H3,(H,15,17)/t14-/m1/s1. The molecule has 6 heteroatoms. The van der Waals surface area contributed by atoms with Crippen LogP contribution in [0.3, 0.4) is 0 Å². The van der Waals surface area contributed by atoms with Gasteiger partial charge in [0.05, 0.1) is 15.8 Å². The Morgan fingerprint density at radius 3 is 3.05 bits per heavy atom. The summed E-state index contributed by atoms with van der Waals surface area (Å²) in [6.07, 6.45) is 0.980. The van der Waals surface area contributed by atoms with Gasteiger partial charge < -0.3 is 10.1 Å². The number of rotatable bonds is 4. The normalized spacial score (nSPS) is 22.2. The second kappa shape index (κ2) is 5.71. The van der Waals surface area contributed by atoms with E-state index < -0.39 is 0 Å². The van der Waals surface area contributed by atoms with Crippen LogP contribution < -0.4 is 5.32 Å². The van der Waals surface area contributed by atoms with Gasteiger partial charge in [-0.2, -0.15) is 11.8 Å². The molecule has 3 rings (SSSR count). The summed E-state index contributed by atoms with van der Waals surface area (Å²) in [6, 6.07) is 7.79. The Morgan fingerprint density at radius 2 is 2.35 bits per heavy atom. The van der Waals surface area contributed by atoms with Crippen LogP contribution in [0.25, 0.3) is 10.2 Å². The van der Waals surface area contributed by atoms with Crippen LogP contribution in [-0.4, -0.2) is 41.7 Å². The third-order valence-corrected chi connectivity index (χ3v) is 5.82. The Balaban J connectivity index is 1.69. The Labute approximate surface area is 125 Å². The molecule has 2 aromatic rings. The fourth-order valence-electron chi connectivity index (χ4n) is 2.25. The van der Waals surface area contributed by atoms with Crippen molar-refractivity contribution in [1.82, 2.24) is 10.3 Å². The zero-order valence-electron chi connectivity index (χ0n) is 11.2. The van der Waals surface area contributed by atoms with Crippen molar-refractivity contribution in [2.45, 2.75) is 12.0 Å². The number of ether oxygens (including phenoxy) is 1. The van der Waals surface area contributed by atoms with Crippen molar-refractivity contribution in [2.24, 2.45) is 0 Å². The molecule has 0 radical (unpaired) electrons. The average molecular weight is 308 g/mol. The van der Waals surface area contributed by atoms with Crippen molar-refractivity contribution in [3.05, 3.63) is 29.3 Å². The summed E-state index contributed by atoms with van der Waals surface area (Å²) < 4.78 is 6.63. The average Bonchev–Trinajstić information content (AvgIpc) is 3.12. The Morgan fingerprint density at radius 1 is 1.50 bits per heavy atom. The zero-order chi connectivity index (χ0) is 14.0. The lowest BCUT2D eigenvalue weighted by molar-refractivity contribution is 0.0137. The second-order valence-electron chi connectivity index (χ2n) is 4.86. The Hall–Kier alpha value is -1.11. The maximum Gasteiger partial charge on any atom is 0.280 e. The number of aromatic nitrogens is 1. The number of carbonyl (C=O) groups is 1. The summed E-state index contributed by atoms with van der Waals surface area (Å²) in [4.78, 5) is 16.6. The van der Waals surface area contributed by atoms with Crippen LogP contribution in [-0.2, 0) is 4.74 Å². The van der Waals surface area contributed by atoms with Crippen LogP contribution in [0.15, 0.2) is 24.3 Å². The molecule has 1 aromatic heterocycles. The molecule has 4 nitrogen and oxygen atoms in total. The highest BCUT2D eigenvalue weighted by Crippen LogP contribution is 2.30. The fraction of sp³-hybridized carbons (Fsp3) is 0.429. The molecule has 1 aliphatic heterocycles. The van der Waals surface area contributed by atoms with Crippen molar-refractivity contribution in [3.8, 4) is 0 Å². The van der Waals surface area contributed by atoms with Crippen LogP contribution in [0.1, 0.15) is 16.2 Å². The molecular weight excluding hydrogens is 292 g/mol. The number of amides is 1. The third kappa shape index (κ3) is 2.68. The number of benzene rings is 1. The summed E-state index contributed by atoms with van der Waals surface area (Å²) in [6.45, 7) is 0.547. The van der Waals surface area contributed by atoms with E-state index in [1.54, 1.807) is 7.11 Å². The number of nitrogens with zero attached hydrogens (tertiary/aromatic N) is 1. The fourth-order valence-corrected chi connectivity index (χ4v) is 4.53. The van der Waals surface area contributed by atoms with E-state index in [0.717, 1.165) is 28.1 Å². The molecule has 20 heavy (non-hydrogen) atoms. The van der Waals surface area contributed by atoms with E-state index in [1.165, 1.54) is 11.3 Å². The molecule has 0 spiro atoms. The topological polar surface area (TPSA) is 51.2 Å². The van der Waals surface area contributed by atoms with E-state index >= 15 is 0 Å². The molecule has 0 aliphatic carbocycles. The molecule has 1 aromatic carbocycles. The molecule has 0 unspecified atom stereocenters. The molecule has 1 N–H and O–H groups in total. The number of hydrogen-bond donors (Lipinski definition) is 1. The number of carbonyl (C=O) groups excluding carboxylic acids is 1. The van der Waals surface area contributed by atoms with Gasteiger partial charge in [0.15, 0.2) is 5.01 Å². The van der Waals surface area contributed by atoms with Crippen molar-refractivity contribution >= 4 is 39.2 Å². The summed E-state index contributed by atoms with van der Waals surface area (Å²) in [5, 5.41) is 3.48. The first-order valence-corrected chi connectivity index (χ1v) is 8.46. The summed E-state index contributed by atoms with van der Waals surface area (Å²) in [7, 11) is 1.72. The predicted octanol–water partition coefficient (Wildman–Crippen LogP) is 2.55. The van der Waals surface area contributed by atoms with Gasteiger partial charge in [0.1, 0.15) is 0 Å². The number of fused-ring (bicyclic) bond motifs is 1. The van der Waals surface area contributed by atoms with Gasteiger partial charge in [0.25, 0.3) is 5.91 Å². The SMILES string of the molecule is CO[C@@]1(CNC(=O)c2nc3ccccc3s2)CCSC1. The van der Waals surface area contributed by atoms with Crippen molar-refractivity contribution < 1.29 is 9.53 Å². The molecule has 2 heterocycles. The number of thiazole rings is 1. The van der Waals surface area contributed by atoms with Crippen molar-refractivity contribution in [3.63, 3.8) is 0 Å². The van der Waals surface area contributed by atoms with E-state index in [0.29, 0.717) is 11.6 Å². The minimum atomic E-state index is -0.211. The van der Waals surface area contributed by atoms with E-state index in [-0.39, 0.29) is 11.5 Å². The van der Waals surface area contributed by atoms with Gasteiger partial charge in [-0.15, -0.1) is 11.3 Å². The lowest BCUT2D eigenvalue weighted by atomic mass is 10.0.